The molecule has 0 saturated carbocycles. The highest BCUT2D eigenvalue weighted by atomic mass is 16.3. The summed E-state index contributed by atoms with van der Waals surface area (Å²) in [5, 5.41) is 23.0. The summed E-state index contributed by atoms with van der Waals surface area (Å²) in [5.74, 6) is -0.0870. The highest BCUT2D eigenvalue weighted by molar-refractivity contribution is 5.76. The zero-order valence-corrected chi connectivity index (χ0v) is 40.8. The maximum absolute atomic E-state index is 12.4. The van der Waals surface area contributed by atoms with Crippen molar-refractivity contribution in [2.45, 2.75) is 225 Å². The molecule has 0 aromatic heterocycles. The SMILES string of the molecule is CC/C=C\C/C=C\C/C=C\C/C=C\C/C=C\C/C=C\C/C=C\C/C=C\C/C=C\CCCCCCCCCCCC(=O)NC(CO)C(O)/C=C/CC/C=C/CCCCCCCCCC. The zero-order valence-electron chi connectivity index (χ0n) is 40.8. The molecule has 0 bridgehead atoms. The summed E-state index contributed by atoms with van der Waals surface area (Å²) in [6.45, 7) is 4.16. The molecular formula is C59H97NO3. The Morgan fingerprint density at radius 2 is 0.714 bits per heavy atom. The monoisotopic (exact) mass is 868 g/mol. The van der Waals surface area contributed by atoms with Crippen LogP contribution in [0.1, 0.15) is 213 Å². The molecule has 0 aromatic carbocycles. The van der Waals surface area contributed by atoms with Gasteiger partial charge in [-0.05, 0) is 103 Å². The van der Waals surface area contributed by atoms with Crippen LogP contribution in [0.3, 0.4) is 0 Å². The number of hydrogen-bond acceptors (Lipinski definition) is 3. The lowest BCUT2D eigenvalue weighted by Crippen LogP contribution is -2.45. The highest BCUT2D eigenvalue weighted by Gasteiger charge is 2.17. The van der Waals surface area contributed by atoms with Gasteiger partial charge in [0.05, 0.1) is 18.8 Å². The molecule has 0 fully saturated rings. The normalized spacial score (nSPS) is 14.0. The summed E-state index contributed by atoms with van der Waals surface area (Å²) in [6, 6.07) is -0.651. The molecule has 2 atom stereocenters. The predicted molar refractivity (Wildman–Crippen MR) is 280 cm³/mol. The first kappa shape index (κ1) is 59.5. The Balaban J connectivity index is 3.65. The van der Waals surface area contributed by atoms with Gasteiger partial charge in [-0.2, -0.15) is 0 Å². The number of hydrogen-bond donors (Lipinski definition) is 3. The van der Waals surface area contributed by atoms with E-state index in [1.165, 1.54) is 96.3 Å². The van der Waals surface area contributed by atoms with Crippen LogP contribution in [-0.4, -0.2) is 34.9 Å². The maximum Gasteiger partial charge on any atom is 0.220 e. The number of rotatable bonds is 45. The lowest BCUT2D eigenvalue weighted by atomic mass is 10.1. The summed E-state index contributed by atoms with van der Waals surface area (Å²) >= 11 is 0. The second-order valence-electron chi connectivity index (χ2n) is 16.8. The Morgan fingerprint density at radius 1 is 0.397 bits per heavy atom. The van der Waals surface area contributed by atoms with Gasteiger partial charge in [-0.15, -0.1) is 0 Å². The lowest BCUT2D eigenvalue weighted by Gasteiger charge is -2.19. The van der Waals surface area contributed by atoms with Crippen molar-refractivity contribution in [3.8, 4) is 0 Å². The van der Waals surface area contributed by atoms with E-state index in [-0.39, 0.29) is 12.5 Å². The van der Waals surface area contributed by atoms with Crippen LogP contribution in [0.25, 0.3) is 0 Å². The fourth-order valence-electron chi connectivity index (χ4n) is 6.95. The third kappa shape index (κ3) is 49.4. The summed E-state index contributed by atoms with van der Waals surface area (Å²) in [4.78, 5) is 12.4. The fraction of sp³-hybridized carbons (Fsp3) is 0.610. The predicted octanol–water partition coefficient (Wildman–Crippen LogP) is 17.1. The van der Waals surface area contributed by atoms with Crippen molar-refractivity contribution in [1.82, 2.24) is 5.32 Å². The molecular weight excluding hydrogens is 771 g/mol. The maximum atomic E-state index is 12.4. The van der Waals surface area contributed by atoms with Gasteiger partial charge in [0.1, 0.15) is 0 Å². The van der Waals surface area contributed by atoms with E-state index in [9.17, 15) is 15.0 Å². The average Bonchev–Trinajstić information content (AvgIpc) is 3.29. The molecule has 3 N–H and O–H groups in total. The van der Waals surface area contributed by atoms with E-state index < -0.39 is 12.1 Å². The average molecular weight is 868 g/mol. The first-order valence-electron chi connectivity index (χ1n) is 25.9. The Morgan fingerprint density at radius 3 is 1.11 bits per heavy atom. The van der Waals surface area contributed by atoms with Gasteiger partial charge >= 0.3 is 0 Å². The van der Waals surface area contributed by atoms with Crippen molar-refractivity contribution in [3.05, 3.63) is 134 Å². The number of unbranched alkanes of at least 4 members (excludes halogenated alkanes) is 18. The summed E-state index contributed by atoms with van der Waals surface area (Å²) in [7, 11) is 0. The molecule has 0 spiro atoms. The second kappa shape index (κ2) is 52.9. The standard InChI is InChI=1S/C59H97NO3/c1-3-5-7-9-11-13-15-17-19-20-21-22-23-24-25-26-27-28-29-30-31-32-33-34-35-36-37-38-39-40-41-43-45-47-49-51-53-55-59(63)60-57(56-61)58(62)54-52-50-48-46-44-42-18-16-14-12-10-8-6-4-2/h5,7,11,13,17,19,21-22,24-25,27-28,30-31,33-34,36-37,44,46,52,54,57-58,61-62H,3-4,6,8-10,12,14-16,18,20,23,26,29,32,35,38-43,45,47-51,53,55-56H2,1-2H3,(H,60,63)/b7-5-,13-11-,19-17-,22-21-,25-24-,28-27-,31-30-,34-33-,37-36-,46-44+,54-52+. The number of carbonyl (C=O) groups is 1. The van der Waals surface area contributed by atoms with Gasteiger partial charge in [0.15, 0.2) is 0 Å². The van der Waals surface area contributed by atoms with Crippen molar-refractivity contribution >= 4 is 5.91 Å². The molecule has 4 heteroatoms. The van der Waals surface area contributed by atoms with Crippen molar-refractivity contribution in [2.24, 2.45) is 0 Å². The van der Waals surface area contributed by atoms with Crippen molar-refractivity contribution in [3.63, 3.8) is 0 Å². The molecule has 2 unspecified atom stereocenters. The molecule has 0 aliphatic heterocycles. The molecule has 0 heterocycles. The van der Waals surface area contributed by atoms with Gasteiger partial charge in [0.25, 0.3) is 0 Å². The number of allylic oxidation sites excluding steroid dienone is 21. The molecule has 0 rings (SSSR count). The Kier molecular flexibility index (Phi) is 50.0. The first-order valence-corrected chi connectivity index (χ1v) is 25.9. The van der Waals surface area contributed by atoms with E-state index in [1.807, 2.05) is 6.08 Å². The smallest absolute Gasteiger partial charge is 0.220 e. The second-order valence-corrected chi connectivity index (χ2v) is 16.8. The number of carbonyl (C=O) groups excluding carboxylic acids is 1. The topological polar surface area (TPSA) is 69.6 Å². The van der Waals surface area contributed by atoms with Gasteiger partial charge < -0.3 is 15.5 Å². The largest absolute Gasteiger partial charge is 0.394 e. The Labute approximate surface area is 390 Å². The third-order valence-corrected chi connectivity index (χ3v) is 10.9. The van der Waals surface area contributed by atoms with E-state index in [0.717, 1.165) is 96.3 Å². The van der Waals surface area contributed by atoms with Gasteiger partial charge in [-0.3, -0.25) is 4.79 Å². The summed E-state index contributed by atoms with van der Waals surface area (Å²) in [5.41, 5.74) is 0. The molecule has 1 amide bonds. The summed E-state index contributed by atoms with van der Waals surface area (Å²) in [6.07, 6.45) is 83.0. The molecule has 0 radical (unpaired) electrons. The van der Waals surface area contributed by atoms with E-state index in [1.54, 1.807) is 6.08 Å². The van der Waals surface area contributed by atoms with Crippen LogP contribution >= 0.6 is 0 Å². The fourth-order valence-corrected chi connectivity index (χ4v) is 6.95. The lowest BCUT2D eigenvalue weighted by molar-refractivity contribution is -0.123. The van der Waals surface area contributed by atoms with Gasteiger partial charge in [0, 0.05) is 6.42 Å². The molecule has 0 saturated heterocycles. The minimum Gasteiger partial charge on any atom is -0.394 e. The summed E-state index contributed by atoms with van der Waals surface area (Å²) < 4.78 is 0. The molecule has 0 aromatic rings. The van der Waals surface area contributed by atoms with Crippen LogP contribution in [0, 0.1) is 0 Å². The van der Waals surface area contributed by atoms with Crippen LogP contribution in [-0.2, 0) is 4.79 Å². The van der Waals surface area contributed by atoms with Crippen LogP contribution in [0.4, 0.5) is 0 Å². The number of amides is 1. The third-order valence-electron chi connectivity index (χ3n) is 10.9. The van der Waals surface area contributed by atoms with Crippen LogP contribution in [0.5, 0.6) is 0 Å². The van der Waals surface area contributed by atoms with Crippen molar-refractivity contribution in [2.75, 3.05) is 6.61 Å². The van der Waals surface area contributed by atoms with E-state index in [4.69, 9.17) is 0 Å². The molecule has 356 valence electrons. The van der Waals surface area contributed by atoms with Gasteiger partial charge in [-0.25, -0.2) is 0 Å². The van der Waals surface area contributed by atoms with Gasteiger partial charge in [-0.1, -0.05) is 237 Å². The first-order chi connectivity index (χ1) is 31.2. The Bertz CT molecular complexity index is 1310. The molecule has 0 aliphatic carbocycles. The number of aliphatic hydroxyl groups is 2. The number of aliphatic hydroxyl groups excluding tert-OH is 2. The molecule has 0 aliphatic rings. The minimum atomic E-state index is -0.873. The quantitative estimate of drug-likeness (QED) is 0.0422. The Hall–Kier alpha value is -3.47. The van der Waals surface area contributed by atoms with E-state index in [0.29, 0.717) is 6.42 Å². The number of nitrogens with one attached hydrogen (secondary N) is 1. The molecule has 4 nitrogen and oxygen atoms in total. The van der Waals surface area contributed by atoms with Crippen molar-refractivity contribution < 1.29 is 15.0 Å². The minimum absolute atomic E-state index is 0.0870. The molecule has 63 heavy (non-hydrogen) atoms. The van der Waals surface area contributed by atoms with Crippen LogP contribution in [0.2, 0.25) is 0 Å². The zero-order chi connectivity index (χ0) is 45.6. The van der Waals surface area contributed by atoms with Crippen LogP contribution in [0.15, 0.2) is 134 Å². The van der Waals surface area contributed by atoms with E-state index >= 15 is 0 Å². The van der Waals surface area contributed by atoms with Crippen LogP contribution < -0.4 is 5.32 Å². The van der Waals surface area contributed by atoms with Crippen molar-refractivity contribution in [1.29, 1.82) is 0 Å². The highest BCUT2D eigenvalue weighted by Crippen LogP contribution is 2.13. The van der Waals surface area contributed by atoms with Gasteiger partial charge in [0.2, 0.25) is 5.91 Å². The van der Waals surface area contributed by atoms with E-state index in [2.05, 4.69) is 141 Å².